The second-order valence-electron chi connectivity index (χ2n) is 5.66. The van der Waals surface area contributed by atoms with E-state index in [4.69, 9.17) is 0 Å². The summed E-state index contributed by atoms with van der Waals surface area (Å²) in [6.45, 7) is 0. The highest BCUT2D eigenvalue weighted by Gasteiger charge is 2.43. The number of carbonyl (C=O) groups is 1. The molecule has 0 heterocycles. The Kier molecular flexibility index (Phi) is 3.31. The lowest BCUT2D eigenvalue weighted by atomic mass is 10.0. The van der Waals surface area contributed by atoms with Crippen LogP contribution in [0, 0.1) is 5.92 Å². The normalized spacial score (nSPS) is 20.5. The van der Waals surface area contributed by atoms with Crippen molar-refractivity contribution in [2.45, 2.75) is 12.3 Å². The van der Waals surface area contributed by atoms with E-state index >= 15 is 0 Å². The van der Waals surface area contributed by atoms with E-state index in [1.807, 2.05) is 44.4 Å². The van der Waals surface area contributed by atoms with E-state index in [2.05, 4.69) is 29.2 Å². The Labute approximate surface area is 120 Å². The van der Waals surface area contributed by atoms with E-state index in [1.54, 1.807) is 0 Å². The number of anilines is 1. The lowest BCUT2D eigenvalue weighted by Gasteiger charge is -2.12. The van der Waals surface area contributed by atoms with Gasteiger partial charge in [0.2, 0.25) is 0 Å². The van der Waals surface area contributed by atoms with E-state index in [-0.39, 0.29) is 11.7 Å². The zero-order valence-corrected chi connectivity index (χ0v) is 11.9. The van der Waals surface area contributed by atoms with Crippen LogP contribution in [-0.2, 0) is 0 Å². The largest absolute Gasteiger partial charge is 0.378 e. The summed E-state index contributed by atoms with van der Waals surface area (Å²) < 4.78 is 0. The highest BCUT2D eigenvalue weighted by atomic mass is 16.1. The van der Waals surface area contributed by atoms with Gasteiger partial charge in [-0.15, -0.1) is 0 Å². The van der Waals surface area contributed by atoms with E-state index in [0.29, 0.717) is 5.92 Å². The minimum Gasteiger partial charge on any atom is -0.378 e. The fourth-order valence-electron chi connectivity index (χ4n) is 2.69. The van der Waals surface area contributed by atoms with Crippen molar-refractivity contribution in [3.63, 3.8) is 0 Å². The average molecular weight is 265 g/mol. The van der Waals surface area contributed by atoms with Gasteiger partial charge in [-0.25, -0.2) is 0 Å². The van der Waals surface area contributed by atoms with Crippen molar-refractivity contribution in [1.29, 1.82) is 0 Å². The van der Waals surface area contributed by atoms with Crippen molar-refractivity contribution in [3.8, 4) is 0 Å². The molecule has 102 valence electrons. The molecule has 0 bridgehead atoms. The third kappa shape index (κ3) is 2.46. The summed E-state index contributed by atoms with van der Waals surface area (Å²) in [5.41, 5.74) is 3.31. The highest BCUT2D eigenvalue weighted by molar-refractivity contribution is 6.00. The van der Waals surface area contributed by atoms with Gasteiger partial charge < -0.3 is 4.90 Å². The molecule has 1 saturated carbocycles. The molecule has 0 spiro atoms. The predicted molar refractivity (Wildman–Crippen MR) is 82.4 cm³/mol. The fraction of sp³-hybridized carbons (Fsp3) is 0.278. The number of benzene rings is 2. The van der Waals surface area contributed by atoms with Gasteiger partial charge in [0, 0.05) is 31.3 Å². The summed E-state index contributed by atoms with van der Waals surface area (Å²) in [5.74, 6) is 0.855. The molecule has 2 aromatic carbocycles. The topological polar surface area (TPSA) is 20.3 Å². The summed E-state index contributed by atoms with van der Waals surface area (Å²) in [4.78, 5) is 14.4. The number of hydrogen-bond acceptors (Lipinski definition) is 2. The minimum atomic E-state index is 0.169. The summed E-state index contributed by atoms with van der Waals surface area (Å²) in [6, 6.07) is 18.2. The second kappa shape index (κ2) is 5.12. The standard InChI is InChI=1S/C18H19NO/c1-19(2)15-10-8-13(9-11-15)16-12-17(16)18(20)14-6-4-3-5-7-14/h3-11,16-17H,12H2,1-2H3. The first-order chi connectivity index (χ1) is 9.66. The lowest BCUT2D eigenvalue weighted by molar-refractivity contribution is 0.0965. The minimum absolute atomic E-state index is 0.169. The maximum atomic E-state index is 12.4. The molecule has 2 unspecified atom stereocenters. The number of Topliss-reactive ketones (excluding diaryl/α,β-unsaturated/α-hetero) is 1. The van der Waals surface area contributed by atoms with Gasteiger partial charge in [0.25, 0.3) is 0 Å². The fourth-order valence-corrected chi connectivity index (χ4v) is 2.69. The monoisotopic (exact) mass is 265 g/mol. The van der Waals surface area contributed by atoms with Crippen LogP contribution in [0.4, 0.5) is 5.69 Å². The Hall–Kier alpha value is -2.09. The van der Waals surface area contributed by atoms with Crippen LogP contribution < -0.4 is 4.90 Å². The number of hydrogen-bond donors (Lipinski definition) is 0. The Balaban J connectivity index is 1.71. The Morgan fingerprint density at radius 1 is 1.00 bits per heavy atom. The number of rotatable bonds is 4. The Morgan fingerprint density at radius 2 is 1.65 bits per heavy atom. The molecule has 0 aromatic heterocycles. The number of carbonyl (C=O) groups excluding carboxylic acids is 1. The Bertz CT molecular complexity index is 601. The molecule has 2 heteroatoms. The van der Waals surface area contributed by atoms with Crippen molar-refractivity contribution in [1.82, 2.24) is 0 Å². The molecule has 1 aliphatic rings. The maximum absolute atomic E-state index is 12.4. The van der Waals surface area contributed by atoms with Crippen LogP contribution in [0.5, 0.6) is 0 Å². The van der Waals surface area contributed by atoms with Crippen molar-refractivity contribution < 1.29 is 4.79 Å². The number of nitrogens with zero attached hydrogens (tertiary/aromatic N) is 1. The Morgan fingerprint density at radius 3 is 2.25 bits per heavy atom. The molecule has 20 heavy (non-hydrogen) atoms. The lowest BCUT2D eigenvalue weighted by Crippen LogP contribution is -2.08. The number of ketones is 1. The van der Waals surface area contributed by atoms with Crippen LogP contribution in [0.2, 0.25) is 0 Å². The van der Waals surface area contributed by atoms with Crippen molar-refractivity contribution in [2.75, 3.05) is 19.0 Å². The van der Waals surface area contributed by atoms with Crippen LogP contribution in [-0.4, -0.2) is 19.9 Å². The van der Waals surface area contributed by atoms with Gasteiger partial charge in [-0.2, -0.15) is 0 Å². The zero-order chi connectivity index (χ0) is 14.1. The maximum Gasteiger partial charge on any atom is 0.166 e. The third-order valence-corrected chi connectivity index (χ3v) is 4.02. The molecule has 0 aliphatic heterocycles. The van der Waals surface area contributed by atoms with Crippen LogP contribution >= 0.6 is 0 Å². The van der Waals surface area contributed by atoms with Crippen molar-refractivity contribution >= 4 is 11.5 Å². The second-order valence-corrected chi connectivity index (χ2v) is 5.66. The molecule has 2 nitrogen and oxygen atoms in total. The van der Waals surface area contributed by atoms with Crippen LogP contribution in [0.15, 0.2) is 54.6 Å². The average Bonchev–Trinajstić information content (AvgIpc) is 3.28. The van der Waals surface area contributed by atoms with E-state index < -0.39 is 0 Å². The van der Waals surface area contributed by atoms with Gasteiger partial charge in [-0.05, 0) is 30.0 Å². The third-order valence-electron chi connectivity index (χ3n) is 4.02. The SMILES string of the molecule is CN(C)c1ccc(C2CC2C(=O)c2ccccc2)cc1. The first-order valence-electron chi connectivity index (χ1n) is 7.03. The molecule has 3 rings (SSSR count). The molecule has 2 atom stereocenters. The molecule has 1 aliphatic carbocycles. The first-order valence-corrected chi connectivity index (χ1v) is 7.03. The van der Waals surface area contributed by atoms with E-state index in [1.165, 1.54) is 11.3 Å². The molecule has 1 fully saturated rings. The molecular formula is C18H19NO. The predicted octanol–water partition coefficient (Wildman–Crippen LogP) is 3.74. The summed E-state index contributed by atoms with van der Waals surface area (Å²) in [5, 5.41) is 0. The van der Waals surface area contributed by atoms with Gasteiger partial charge in [-0.3, -0.25) is 4.79 Å². The van der Waals surface area contributed by atoms with Gasteiger partial charge in [-0.1, -0.05) is 42.5 Å². The molecule has 0 saturated heterocycles. The summed E-state index contributed by atoms with van der Waals surface area (Å²) in [6.07, 6.45) is 0.981. The molecule has 0 N–H and O–H groups in total. The van der Waals surface area contributed by atoms with E-state index in [0.717, 1.165) is 12.0 Å². The molecule has 2 aromatic rings. The van der Waals surface area contributed by atoms with Gasteiger partial charge >= 0.3 is 0 Å². The van der Waals surface area contributed by atoms with Crippen molar-refractivity contribution in [2.24, 2.45) is 5.92 Å². The summed E-state index contributed by atoms with van der Waals surface area (Å²) in [7, 11) is 4.07. The quantitative estimate of drug-likeness (QED) is 0.785. The van der Waals surface area contributed by atoms with Crippen LogP contribution in [0.3, 0.4) is 0 Å². The van der Waals surface area contributed by atoms with Crippen molar-refractivity contribution in [3.05, 3.63) is 65.7 Å². The summed E-state index contributed by atoms with van der Waals surface area (Å²) >= 11 is 0. The smallest absolute Gasteiger partial charge is 0.166 e. The molecular weight excluding hydrogens is 246 g/mol. The van der Waals surface area contributed by atoms with Crippen LogP contribution in [0.25, 0.3) is 0 Å². The highest BCUT2D eigenvalue weighted by Crippen LogP contribution is 2.49. The first kappa shape index (κ1) is 12.9. The van der Waals surface area contributed by atoms with Gasteiger partial charge in [0.1, 0.15) is 0 Å². The molecule has 0 radical (unpaired) electrons. The van der Waals surface area contributed by atoms with E-state index in [9.17, 15) is 4.79 Å². The zero-order valence-electron chi connectivity index (χ0n) is 11.9. The van der Waals surface area contributed by atoms with Gasteiger partial charge in [0.15, 0.2) is 5.78 Å². The van der Waals surface area contributed by atoms with Gasteiger partial charge in [0.05, 0.1) is 0 Å². The van der Waals surface area contributed by atoms with Crippen LogP contribution in [0.1, 0.15) is 28.3 Å². The molecule has 0 amide bonds.